The van der Waals surface area contributed by atoms with E-state index in [1.165, 1.54) is 11.4 Å². The molecule has 36 heavy (non-hydrogen) atoms. The number of halogens is 10. The van der Waals surface area contributed by atoms with Crippen molar-refractivity contribution in [2.45, 2.75) is 51.9 Å². The van der Waals surface area contributed by atoms with Crippen molar-refractivity contribution in [3.8, 4) is 0 Å². The maximum Gasteiger partial charge on any atom is 0.435 e. The smallest absolute Gasteiger partial charge is 0.328 e. The summed E-state index contributed by atoms with van der Waals surface area (Å²) in [5, 5.41) is 11.7. The Kier molecular flexibility index (Phi) is 10.9. The van der Waals surface area contributed by atoms with Crippen LogP contribution in [0.4, 0.5) is 55.3 Å². The Morgan fingerprint density at radius 3 is 1.69 bits per heavy atom. The molecular weight excluding hydrogens is 518 g/mol. The fourth-order valence-corrected chi connectivity index (χ4v) is 2.69. The van der Waals surface area contributed by atoms with Crippen molar-refractivity contribution in [3.05, 3.63) is 68.8 Å². The molecule has 2 aromatic rings. The number of nitro benzene ring substituents is 1. The summed E-state index contributed by atoms with van der Waals surface area (Å²) in [7, 11) is 0. The number of amides is 1. The summed E-state index contributed by atoms with van der Waals surface area (Å²) in [4.78, 5) is 20.1. The molecule has 202 valence electrons. The predicted molar refractivity (Wildman–Crippen MR) is 110 cm³/mol. The summed E-state index contributed by atoms with van der Waals surface area (Å²) in [6, 6.07) is 5.84. The lowest BCUT2D eigenvalue weighted by Gasteiger charge is -2.31. The molecule has 0 bridgehead atoms. The number of aryl methyl sites for hydroxylation is 2. The lowest BCUT2D eigenvalue weighted by atomic mass is 9.90. The molecular formula is C21H20F10N2O3. The second-order valence-corrected chi connectivity index (χ2v) is 6.73. The molecule has 15 heteroatoms. The molecule has 0 heterocycles. The molecule has 0 saturated heterocycles. The van der Waals surface area contributed by atoms with Crippen LogP contribution in [0.5, 0.6) is 0 Å². The van der Waals surface area contributed by atoms with Crippen LogP contribution in [0, 0.1) is 24.0 Å². The van der Waals surface area contributed by atoms with Crippen LogP contribution in [0.15, 0.2) is 36.4 Å². The summed E-state index contributed by atoms with van der Waals surface area (Å²) in [6.45, 7) is 6.52. The molecule has 2 rings (SSSR count). The maximum absolute atomic E-state index is 13.9. The van der Waals surface area contributed by atoms with Crippen LogP contribution in [0.3, 0.4) is 0 Å². The van der Waals surface area contributed by atoms with Gasteiger partial charge in [0.2, 0.25) is 6.41 Å². The molecule has 0 fully saturated rings. The summed E-state index contributed by atoms with van der Waals surface area (Å²) >= 11 is 0. The average Bonchev–Trinajstić information content (AvgIpc) is 2.74. The quantitative estimate of drug-likeness (QED) is 0.187. The van der Waals surface area contributed by atoms with E-state index in [-0.39, 0.29) is 18.2 Å². The first-order valence-electron chi connectivity index (χ1n) is 9.73. The van der Waals surface area contributed by atoms with Crippen molar-refractivity contribution >= 4 is 17.8 Å². The van der Waals surface area contributed by atoms with Crippen molar-refractivity contribution in [2.24, 2.45) is 0 Å². The third-order valence-electron chi connectivity index (χ3n) is 4.24. The highest BCUT2D eigenvalue weighted by Gasteiger charge is 2.73. The number of hydrogen-bond donors (Lipinski definition) is 1. The zero-order valence-corrected chi connectivity index (χ0v) is 19.0. The molecule has 0 aliphatic carbocycles. The number of nitrogens with zero attached hydrogens (tertiary/aromatic N) is 1. The SMILES string of the molecule is CC.Cc1cc(C(F)(C(F)(F)F)C(F)(F)F)cc(C(F)(F)F)c1NC=O.Cc1cccc([N+](=O)[O-])c1. The van der Waals surface area contributed by atoms with Gasteiger partial charge in [0.1, 0.15) is 0 Å². The minimum absolute atomic E-state index is 0.0535. The first-order chi connectivity index (χ1) is 16.3. The van der Waals surface area contributed by atoms with Crippen LogP contribution in [0.25, 0.3) is 0 Å². The van der Waals surface area contributed by atoms with Gasteiger partial charge in [-0.15, -0.1) is 0 Å². The minimum atomic E-state index is -6.56. The third-order valence-corrected chi connectivity index (χ3v) is 4.24. The molecule has 0 atom stereocenters. The molecule has 0 unspecified atom stereocenters. The van der Waals surface area contributed by atoms with Gasteiger partial charge in [-0.1, -0.05) is 32.0 Å². The van der Waals surface area contributed by atoms with Crippen LogP contribution in [-0.2, 0) is 16.6 Å². The minimum Gasteiger partial charge on any atom is -0.328 e. The molecule has 1 amide bonds. The lowest BCUT2D eigenvalue weighted by Crippen LogP contribution is -2.50. The Morgan fingerprint density at radius 2 is 1.36 bits per heavy atom. The second kappa shape index (κ2) is 12.0. The Labute approximate surface area is 198 Å². The van der Waals surface area contributed by atoms with Crippen molar-refractivity contribution in [2.75, 3.05) is 5.32 Å². The topological polar surface area (TPSA) is 72.2 Å². The van der Waals surface area contributed by atoms with Gasteiger partial charge in [0.25, 0.3) is 5.69 Å². The van der Waals surface area contributed by atoms with Gasteiger partial charge in [0.15, 0.2) is 0 Å². The van der Waals surface area contributed by atoms with Gasteiger partial charge >= 0.3 is 24.2 Å². The highest BCUT2D eigenvalue weighted by Crippen LogP contribution is 2.54. The Morgan fingerprint density at radius 1 is 0.861 bits per heavy atom. The van der Waals surface area contributed by atoms with E-state index in [9.17, 15) is 58.8 Å². The monoisotopic (exact) mass is 538 g/mol. The number of nitro groups is 1. The van der Waals surface area contributed by atoms with Gasteiger partial charge in [0.05, 0.1) is 16.2 Å². The van der Waals surface area contributed by atoms with Crippen LogP contribution >= 0.6 is 0 Å². The van der Waals surface area contributed by atoms with Crippen LogP contribution in [-0.4, -0.2) is 23.7 Å². The van der Waals surface area contributed by atoms with E-state index >= 15 is 0 Å². The first-order valence-corrected chi connectivity index (χ1v) is 9.73. The molecule has 0 radical (unpaired) electrons. The number of carbonyl (C=O) groups is 1. The van der Waals surface area contributed by atoms with Gasteiger partial charge in [-0.2, -0.15) is 39.5 Å². The number of alkyl halides is 10. The summed E-state index contributed by atoms with van der Waals surface area (Å²) in [5.74, 6) is 0. The molecule has 1 N–H and O–H groups in total. The second-order valence-electron chi connectivity index (χ2n) is 6.73. The van der Waals surface area contributed by atoms with E-state index in [4.69, 9.17) is 0 Å². The van der Waals surface area contributed by atoms with Gasteiger partial charge in [0, 0.05) is 17.7 Å². The van der Waals surface area contributed by atoms with Crippen LogP contribution < -0.4 is 5.32 Å². The summed E-state index contributed by atoms with van der Waals surface area (Å²) in [6.07, 6.45) is -18.8. The van der Waals surface area contributed by atoms with E-state index in [0.717, 1.165) is 5.56 Å². The number of anilines is 1. The highest BCUT2D eigenvalue weighted by molar-refractivity contribution is 5.76. The number of rotatable bonds is 4. The van der Waals surface area contributed by atoms with Crippen LogP contribution in [0.1, 0.15) is 36.1 Å². The van der Waals surface area contributed by atoms with E-state index in [1.54, 1.807) is 12.1 Å². The van der Waals surface area contributed by atoms with E-state index in [1.807, 2.05) is 26.8 Å². The number of hydrogen-bond acceptors (Lipinski definition) is 3. The van der Waals surface area contributed by atoms with Gasteiger partial charge in [-0.25, -0.2) is 4.39 Å². The van der Waals surface area contributed by atoms with E-state index in [0.29, 0.717) is 6.92 Å². The zero-order chi connectivity index (χ0) is 28.7. The van der Waals surface area contributed by atoms with Crippen molar-refractivity contribution in [1.29, 1.82) is 0 Å². The fourth-order valence-electron chi connectivity index (χ4n) is 2.69. The largest absolute Gasteiger partial charge is 0.435 e. The van der Waals surface area contributed by atoms with Crippen molar-refractivity contribution in [3.63, 3.8) is 0 Å². The first kappa shape index (κ1) is 32.6. The number of non-ortho nitro benzene ring substituents is 1. The van der Waals surface area contributed by atoms with Crippen LogP contribution in [0.2, 0.25) is 0 Å². The molecule has 0 saturated carbocycles. The molecule has 2 aromatic carbocycles. The number of carbonyl (C=O) groups excluding carboxylic acids is 1. The van der Waals surface area contributed by atoms with E-state index < -0.39 is 57.6 Å². The molecule has 0 aliphatic heterocycles. The summed E-state index contributed by atoms with van der Waals surface area (Å²) in [5.41, 5.74) is -11.2. The fraction of sp³-hybridized carbons (Fsp3) is 0.381. The predicted octanol–water partition coefficient (Wildman–Crippen LogP) is 7.80. The van der Waals surface area contributed by atoms with E-state index in [2.05, 4.69) is 0 Å². The van der Waals surface area contributed by atoms with Crippen molar-refractivity contribution < 1.29 is 53.6 Å². The average molecular weight is 538 g/mol. The standard InChI is InChI=1S/C12H7F10NO.C7H7NO2.C2H6/c1-5-2-6(9(13,11(17,18)19)12(20,21)22)3-7(10(14,15)16)8(5)23-4-24;1-6-3-2-4-7(5-6)8(9)10;1-2/h2-4H,1H3,(H,23,24);2-5H,1H3;1-2H3. The molecule has 0 aliphatic rings. The summed E-state index contributed by atoms with van der Waals surface area (Å²) < 4.78 is 128. The van der Waals surface area contributed by atoms with Gasteiger partial charge < -0.3 is 5.32 Å². The van der Waals surface area contributed by atoms with Crippen molar-refractivity contribution in [1.82, 2.24) is 0 Å². The third kappa shape index (κ3) is 7.55. The Hall–Kier alpha value is -3.39. The van der Waals surface area contributed by atoms with Gasteiger partial charge in [-0.3, -0.25) is 14.9 Å². The molecule has 0 spiro atoms. The Bertz CT molecular complexity index is 1030. The highest BCUT2D eigenvalue weighted by atomic mass is 19.4. The molecule has 0 aromatic heterocycles. The number of nitrogens with one attached hydrogen (secondary N) is 1. The maximum atomic E-state index is 13.9. The normalized spacial score (nSPS) is 11.9. The van der Waals surface area contributed by atoms with Gasteiger partial charge in [-0.05, 0) is 31.0 Å². The zero-order valence-electron chi connectivity index (χ0n) is 19.0. The molecule has 5 nitrogen and oxygen atoms in total. The Balaban J connectivity index is 0.000000845. The number of benzene rings is 2. The lowest BCUT2D eigenvalue weighted by molar-refractivity contribution is -0.384.